The van der Waals surface area contributed by atoms with Gasteiger partial charge in [0.1, 0.15) is 17.3 Å². The van der Waals surface area contributed by atoms with Crippen molar-refractivity contribution >= 4 is 16.6 Å². The molecule has 4 aromatic rings. The first-order chi connectivity index (χ1) is 16.1. The molecule has 11 heteroatoms. The number of fused-ring (bicyclic) bond motifs is 4. The maximum absolute atomic E-state index is 16.3. The third kappa shape index (κ3) is 3.37. The molecule has 0 unspecified atom stereocenters. The van der Waals surface area contributed by atoms with Crippen molar-refractivity contribution in [1.29, 1.82) is 0 Å². The number of nitrogens with zero attached hydrogens (tertiary/aromatic N) is 4. The quantitative estimate of drug-likeness (QED) is 0.366. The highest BCUT2D eigenvalue weighted by Gasteiger charge is 2.38. The van der Waals surface area contributed by atoms with E-state index in [2.05, 4.69) is 15.5 Å². The van der Waals surface area contributed by atoms with Crippen LogP contribution in [0.4, 0.5) is 27.6 Å². The lowest BCUT2D eigenvalue weighted by molar-refractivity contribution is -0.0495. The monoisotopic (exact) mass is 477 g/mol. The Morgan fingerprint density at radius 3 is 2.59 bits per heavy atom. The topological polar surface area (TPSA) is 56.9 Å². The molecule has 6 nitrogen and oxygen atoms in total. The van der Waals surface area contributed by atoms with Crippen LogP contribution in [0.3, 0.4) is 0 Å². The molecule has 2 aromatic carbocycles. The smallest absolute Gasteiger partial charge is 0.387 e. The second kappa shape index (κ2) is 7.71. The first-order valence-electron chi connectivity index (χ1n) is 10.5. The molecule has 1 N–H and O–H groups in total. The second-order valence-corrected chi connectivity index (χ2v) is 8.59. The van der Waals surface area contributed by atoms with Crippen LogP contribution in [0, 0.1) is 12.7 Å². The first-order valence-corrected chi connectivity index (χ1v) is 10.5. The summed E-state index contributed by atoms with van der Waals surface area (Å²) in [6.45, 7) is 1.52. The van der Waals surface area contributed by atoms with Crippen LogP contribution in [-0.4, -0.2) is 32.4 Å². The highest BCUT2D eigenvalue weighted by molar-refractivity contribution is 5.98. The number of hydrogen-bond donors (Lipinski definition) is 1. The standard InChI is InChI=1S/C23H20F5N5O/c1-11-30-31-21-23(2,3)29-14-9-16(34-22(27)28)18(19(26)20(14)33(11)21)13-5-4-6-15-12(13)7-8-32(15)10-17(24)25/h4-9,17,22,29H,10H2,1-3H3. The van der Waals surface area contributed by atoms with Crippen molar-refractivity contribution in [2.24, 2.45) is 0 Å². The molecule has 0 fully saturated rings. The zero-order chi connectivity index (χ0) is 24.4. The summed E-state index contributed by atoms with van der Waals surface area (Å²) in [7, 11) is 0. The van der Waals surface area contributed by atoms with Gasteiger partial charge < -0.3 is 14.6 Å². The van der Waals surface area contributed by atoms with Gasteiger partial charge in [-0.25, -0.2) is 13.2 Å². The van der Waals surface area contributed by atoms with Gasteiger partial charge in [-0.3, -0.25) is 4.57 Å². The SMILES string of the molecule is Cc1nnc2n1-c1c(cc(OC(F)F)c(-c3cccc4c3ccn4CC(F)F)c1F)NC2(C)C. The van der Waals surface area contributed by atoms with Gasteiger partial charge in [-0.1, -0.05) is 12.1 Å². The number of ether oxygens (including phenoxy) is 1. The van der Waals surface area contributed by atoms with Crippen molar-refractivity contribution in [3.8, 4) is 22.6 Å². The molecule has 2 aromatic heterocycles. The molecule has 0 radical (unpaired) electrons. The van der Waals surface area contributed by atoms with Gasteiger partial charge in [0.15, 0.2) is 11.6 Å². The summed E-state index contributed by atoms with van der Waals surface area (Å²) in [5.74, 6) is -0.335. The van der Waals surface area contributed by atoms with Crippen molar-refractivity contribution in [1.82, 2.24) is 19.3 Å². The number of anilines is 1. The van der Waals surface area contributed by atoms with Crippen molar-refractivity contribution in [3.05, 3.63) is 54.0 Å². The number of rotatable bonds is 5. The summed E-state index contributed by atoms with van der Waals surface area (Å²) < 4.78 is 76.7. The molecule has 5 rings (SSSR count). The lowest BCUT2D eigenvalue weighted by Gasteiger charge is -2.34. The predicted octanol–water partition coefficient (Wildman–Crippen LogP) is 5.86. The molecule has 0 amide bonds. The maximum Gasteiger partial charge on any atom is 0.387 e. The van der Waals surface area contributed by atoms with Gasteiger partial charge in [0.05, 0.1) is 23.3 Å². The number of alkyl halides is 4. The molecule has 34 heavy (non-hydrogen) atoms. The zero-order valence-corrected chi connectivity index (χ0v) is 18.4. The molecule has 0 bridgehead atoms. The van der Waals surface area contributed by atoms with E-state index in [1.807, 2.05) is 13.8 Å². The van der Waals surface area contributed by atoms with E-state index in [4.69, 9.17) is 4.74 Å². The van der Waals surface area contributed by atoms with E-state index in [0.29, 0.717) is 22.6 Å². The van der Waals surface area contributed by atoms with E-state index >= 15 is 4.39 Å². The second-order valence-electron chi connectivity index (χ2n) is 8.59. The summed E-state index contributed by atoms with van der Waals surface area (Å²) >= 11 is 0. The van der Waals surface area contributed by atoms with Crippen molar-refractivity contribution in [3.63, 3.8) is 0 Å². The zero-order valence-electron chi connectivity index (χ0n) is 18.4. The molecule has 0 aliphatic carbocycles. The van der Waals surface area contributed by atoms with E-state index in [-0.39, 0.29) is 28.3 Å². The van der Waals surface area contributed by atoms with Crippen LogP contribution >= 0.6 is 0 Å². The number of aryl methyl sites for hydroxylation is 1. The van der Waals surface area contributed by atoms with Gasteiger partial charge in [0.2, 0.25) is 0 Å². The number of aromatic nitrogens is 4. The Kier molecular flexibility index (Phi) is 5.03. The number of nitrogens with one attached hydrogen (secondary N) is 1. The fraction of sp³-hybridized carbons (Fsp3) is 0.304. The van der Waals surface area contributed by atoms with Crippen LogP contribution in [-0.2, 0) is 12.1 Å². The van der Waals surface area contributed by atoms with Gasteiger partial charge >= 0.3 is 6.61 Å². The van der Waals surface area contributed by atoms with Crippen LogP contribution in [0.2, 0.25) is 0 Å². The van der Waals surface area contributed by atoms with Crippen molar-refractivity contribution in [2.45, 2.75) is 45.9 Å². The maximum atomic E-state index is 16.3. The summed E-state index contributed by atoms with van der Waals surface area (Å²) in [6.07, 6.45) is -1.14. The average Bonchev–Trinajstić information content (AvgIpc) is 3.32. The van der Waals surface area contributed by atoms with Gasteiger partial charge in [-0.05, 0) is 38.5 Å². The summed E-state index contributed by atoms with van der Waals surface area (Å²) in [5.41, 5.74) is -0.0225. The Hall–Kier alpha value is -3.63. The number of halogens is 5. The average molecular weight is 477 g/mol. The number of hydrogen-bond acceptors (Lipinski definition) is 4. The van der Waals surface area contributed by atoms with Crippen LogP contribution in [0.15, 0.2) is 36.5 Å². The summed E-state index contributed by atoms with van der Waals surface area (Å²) in [6, 6.07) is 7.57. The first kappa shape index (κ1) is 22.2. The van der Waals surface area contributed by atoms with Crippen LogP contribution < -0.4 is 10.1 Å². The van der Waals surface area contributed by atoms with Gasteiger partial charge in [0, 0.05) is 23.2 Å². The van der Waals surface area contributed by atoms with Crippen LogP contribution in [0.1, 0.15) is 25.5 Å². The minimum absolute atomic E-state index is 0.0671. The van der Waals surface area contributed by atoms with E-state index in [9.17, 15) is 17.6 Å². The van der Waals surface area contributed by atoms with Crippen molar-refractivity contribution in [2.75, 3.05) is 5.32 Å². The Morgan fingerprint density at radius 1 is 1.12 bits per heavy atom. The van der Waals surface area contributed by atoms with E-state index in [1.165, 1.54) is 22.9 Å². The lowest BCUT2D eigenvalue weighted by atomic mass is 9.95. The molecule has 178 valence electrons. The normalized spacial score (nSPS) is 14.4. The highest BCUT2D eigenvalue weighted by atomic mass is 19.3. The molecule has 3 heterocycles. The number of benzene rings is 2. The molecule has 0 spiro atoms. The molecular weight excluding hydrogens is 457 g/mol. The third-order valence-electron chi connectivity index (χ3n) is 5.89. The van der Waals surface area contributed by atoms with E-state index in [0.717, 1.165) is 0 Å². The predicted molar refractivity (Wildman–Crippen MR) is 116 cm³/mol. The Balaban J connectivity index is 1.81. The summed E-state index contributed by atoms with van der Waals surface area (Å²) in [4.78, 5) is 0. The molecule has 0 saturated heterocycles. The van der Waals surface area contributed by atoms with Crippen LogP contribution in [0.25, 0.3) is 27.7 Å². The lowest BCUT2D eigenvalue weighted by Crippen LogP contribution is -2.36. The highest BCUT2D eigenvalue weighted by Crippen LogP contribution is 2.47. The minimum Gasteiger partial charge on any atom is -0.434 e. The molecule has 0 saturated carbocycles. The summed E-state index contributed by atoms with van der Waals surface area (Å²) in [5, 5.41) is 11.8. The fourth-order valence-electron chi connectivity index (χ4n) is 4.55. The fourth-order valence-corrected chi connectivity index (χ4v) is 4.55. The van der Waals surface area contributed by atoms with Gasteiger partial charge in [-0.15, -0.1) is 10.2 Å². The Bertz CT molecular complexity index is 1410. The molecule has 0 atom stereocenters. The third-order valence-corrected chi connectivity index (χ3v) is 5.89. The molecular formula is C23H20F5N5O. The molecule has 1 aliphatic heterocycles. The van der Waals surface area contributed by atoms with E-state index < -0.39 is 30.9 Å². The Morgan fingerprint density at radius 2 is 1.88 bits per heavy atom. The van der Waals surface area contributed by atoms with E-state index in [1.54, 1.807) is 29.7 Å². The largest absolute Gasteiger partial charge is 0.434 e. The minimum atomic E-state index is -3.21. The van der Waals surface area contributed by atoms with Gasteiger partial charge in [-0.2, -0.15) is 8.78 Å². The Labute approximate surface area is 191 Å². The van der Waals surface area contributed by atoms with Crippen LogP contribution in [0.5, 0.6) is 5.75 Å². The molecule has 1 aliphatic rings. The van der Waals surface area contributed by atoms with Gasteiger partial charge in [0.25, 0.3) is 6.43 Å². The van der Waals surface area contributed by atoms with Crippen molar-refractivity contribution < 1.29 is 26.7 Å².